The van der Waals surface area contributed by atoms with Crippen LogP contribution in [0.1, 0.15) is 31.7 Å². The van der Waals surface area contributed by atoms with Gasteiger partial charge in [-0.3, -0.25) is 0 Å². The van der Waals surface area contributed by atoms with Crippen LogP contribution in [0, 0.1) is 0 Å². The van der Waals surface area contributed by atoms with Gasteiger partial charge in [-0.05, 0) is 30.2 Å². The van der Waals surface area contributed by atoms with Gasteiger partial charge in [-0.15, -0.1) is 0 Å². The van der Waals surface area contributed by atoms with Gasteiger partial charge in [0.05, 0.1) is 19.9 Å². The van der Waals surface area contributed by atoms with Crippen LogP contribution < -0.4 is 20.6 Å². The average molecular weight is 279 g/mol. The van der Waals surface area contributed by atoms with Gasteiger partial charge in [-0.1, -0.05) is 19.8 Å². The van der Waals surface area contributed by atoms with E-state index in [0.29, 0.717) is 18.1 Å². The zero-order chi connectivity index (χ0) is 14.8. The minimum absolute atomic E-state index is 0.629. The fraction of sp³-hybridized carbons (Fsp3) is 0.429. The topological polar surface area (TPSA) is 85.9 Å². The number of nitrogens with zero attached hydrogens (tertiary/aromatic N) is 1. The van der Waals surface area contributed by atoms with Gasteiger partial charge >= 0.3 is 6.03 Å². The van der Waals surface area contributed by atoms with Crippen LogP contribution in [0.2, 0.25) is 0 Å². The van der Waals surface area contributed by atoms with Crippen LogP contribution in [-0.4, -0.2) is 26.0 Å². The first-order chi connectivity index (χ1) is 9.67. The summed E-state index contributed by atoms with van der Waals surface area (Å²) in [5.41, 5.74) is 7.81. The number of hydrogen-bond donors (Lipinski definition) is 2. The molecule has 0 heterocycles. The number of carbonyl (C=O) groups excluding carboxylic acids is 1. The van der Waals surface area contributed by atoms with Gasteiger partial charge < -0.3 is 15.2 Å². The Hall–Kier alpha value is -2.24. The number of unbranched alkanes of at least 4 members (excludes halogenated alkanes) is 2. The molecule has 0 fully saturated rings. The molecule has 1 rings (SSSR count). The lowest BCUT2D eigenvalue weighted by molar-refractivity contribution is 0.249. The second-order valence-corrected chi connectivity index (χ2v) is 4.20. The van der Waals surface area contributed by atoms with Crippen LogP contribution in [0.3, 0.4) is 0 Å². The van der Waals surface area contributed by atoms with E-state index >= 15 is 0 Å². The van der Waals surface area contributed by atoms with Crippen LogP contribution >= 0.6 is 0 Å². The maximum absolute atomic E-state index is 10.5. The van der Waals surface area contributed by atoms with E-state index in [1.807, 2.05) is 12.1 Å². The summed E-state index contributed by atoms with van der Waals surface area (Å²) < 4.78 is 10.9. The Labute approximate surface area is 118 Å². The monoisotopic (exact) mass is 279 g/mol. The second-order valence-electron chi connectivity index (χ2n) is 4.20. The lowest BCUT2D eigenvalue weighted by Crippen LogP contribution is -2.24. The second kappa shape index (κ2) is 8.79. The largest absolute Gasteiger partial charge is 0.493 e. The van der Waals surface area contributed by atoms with E-state index in [1.54, 1.807) is 13.2 Å². The molecule has 110 valence electrons. The zero-order valence-corrected chi connectivity index (χ0v) is 11.9. The summed E-state index contributed by atoms with van der Waals surface area (Å²) in [6.07, 6.45) is 4.80. The molecule has 0 spiro atoms. The van der Waals surface area contributed by atoms with Crippen LogP contribution in [0.4, 0.5) is 4.79 Å². The lowest BCUT2D eigenvalue weighted by Gasteiger charge is -2.11. The van der Waals surface area contributed by atoms with Crippen LogP contribution in [0.25, 0.3) is 0 Å². The van der Waals surface area contributed by atoms with E-state index in [2.05, 4.69) is 17.5 Å². The molecule has 6 nitrogen and oxygen atoms in total. The van der Waals surface area contributed by atoms with Crippen molar-refractivity contribution >= 4 is 12.2 Å². The third kappa shape index (κ3) is 5.60. The van der Waals surface area contributed by atoms with Crippen molar-refractivity contribution in [2.45, 2.75) is 26.2 Å². The predicted molar refractivity (Wildman–Crippen MR) is 78.3 cm³/mol. The molecular formula is C14H21N3O3. The fourth-order valence-corrected chi connectivity index (χ4v) is 1.59. The zero-order valence-electron chi connectivity index (χ0n) is 11.9. The number of carbonyl (C=O) groups is 1. The Balaban J connectivity index is 2.64. The summed E-state index contributed by atoms with van der Waals surface area (Å²) in [6, 6.07) is 4.71. The molecular weight excluding hydrogens is 258 g/mol. The number of amides is 2. The number of benzene rings is 1. The molecule has 0 bridgehead atoms. The van der Waals surface area contributed by atoms with Crippen molar-refractivity contribution in [3.05, 3.63) is 23.8 Å². The Bertz CT molecular complexity index is 461. The highest BCUT2D eigenvalue weighted by molar-refractivity contribution is 5.82. The van der Waals surface area contributed by atoms with Crippen LogP contribution in [0.5, 0.6) is 11.5 Å². The number of methoxy groups -OCH3 is 1. The molecule has 0 aliphatic carbocycles. The summed E-state index contributed by atoms with van der Waals surface area (Å²) in [7, 11) is 1.58. The van der Waals surface area contributed by atoms with Gasteiger partial charge in [0, 0.05) is 0 Å². The maximum Gasteiger partial charge on any atom is 0.332 e. The molecule has 0 saturated heterocycles. The van der Waals surface area contributed by atoms with E-state index < -0.39 is 6.03 Å². The van der Waals surface area contributed by atoms with E-state index in [9.17, 15) is 4.79 Å². The molecule has 1 aromatic carbocycles. The summed E-state index contributed by atoms with van der Waals surface area (Å²) in [6.45, 7) is 2.82. The summed E-state index contributed by atoms with van der Waals surface area (Å²) in [5.74, 6) is 1.33. The summed E-state index contributed by atoms with van der Waals surface area (Å²) in [4.78, 5) is 10.5. The summed E-state index contributed by atoms with van der Waals surface area (Å²) >= 11 is 0. The van der Waals surface area contributed by atoms with E-state index in [0.717, 1.165) is 24.8 Å². The Morgan fingerprint density at radius 3 is 2.85 bits per heavy atom. The molecule has 20 heavy (non-hydrogen) atoms. The number of primary amides is 1. The minimum Gasteiger partial charge on any atom is -0.493 e. The Morgan fingerprint density at radius 1 is 1.40 bits per heavy atom. The maximum atomic E-state index is 10.5. The molecule has 1 aromatic rings. The van der Waals surface area contributed by atoms with Gasteiger partial charge in [-0.25, -0.2) is 10.2 Å². The molecule has 3 N–H and O–H groups in total. The predicted octanol–water partition coefficient (Wildman–Crippen LogP) is 2.27. The number of hydrazone groups is 1. The number of urea groups is 1. The Morgan fingerprint density at radius 2 is 2.20 bits per heavy atom. The van der Waals surface area contributed by atoms with Crippen molar-refractivity contribution < 1.29 is 14.3 Å². The van der Waals surface area contributed by atoms with Gasteiger partial charge in [0.25, 0.3) is 0 Å². The molecule has 0 aliphatic rings. The molecule has 2 amide bonds. The smallest absolute Gasteiger partial charge is 0.332 e. The van der Waals surface area contributed by atoms with Gasteiger partial charge in [0.2, 0.25) is 0 Å². The van der Waals surface area contributed by atoms with Crippen molar-refractivity contribution in [3.8, 4) is 11.5 Å². The quantitative estimate of drug-likeness (QED) is 0.435. The number of rotatable bonds is 8. The highest BCUT2D eigenvalue weighted by atomic mass is 16.5. The van der Waals surface area contributed by atoms with Crippen molar-refractivity contribution in [3.63, 3.8) is 0 Å². The van der Waals surface area contributed by atoms with E-state index in [1.165, 1.54) is 6.21 Å². The van der Waals surface area contributed by atoms with Crippen LogP contribution in [0.15, 0.2) is 23.3 Å². The first-order valence-corrected chi connectivity index (χ1v) is 6.56. The van der Waals surface area contributed by atoms with E-state index in [4.69, 9.17) is 15.2 Å². The van der Waals surface area contributed by atoms with Gasteiger partial charge in [0.15, 0.2) is 11.5 Å². The average Bonchev–Trinajstić information content (AvgIpc) is 2.44. The highest BCUT2D eigenvalue weighted by Gasteiger charge is 2.04. The normalized spacial score (nSPS) is 10.5. The number of nitrogens with one attached hydrogen (secondary N) is 1. The number of ether oxygens (including phenoxy) is 2. The molecule has 0 radical (unpaired) electrons. The van der Waals surface area contributed by atoms with Gasteiger partial charge in [-0.2, -0.15) is 5.10 Å². The lowest BCUT2D eigenvalue weighted by atomic mass is 10.2. The number of hydrogen-bond acceptors (Lipinski definition) is 4. The third-order valence-electron chi connectivity index (χ3n) is 2.58. The molecule has 0 aromatic heterocycles. The van der Waals surface area contributed by atoms with Crippen molar-refractivity contribution in [2.24, 2.45) is 10.8 Å². The molecule has 6 heteroatoms. The van der Waals surface area contributed by atoms with Crippen molar-refractivity contribution in [2.75, 3.05) is 13.7 Å². The summed E-state index contributed by atoms with van der Waals surface area (Å²) in [5, 5.41) is 3.69. The van der Waals surface area contributed by atoms with Crippen molar-refractivity contribution in [1.29, 1.82) is 0 Å². The Kier molecular flexibility index (Phi) is 6.95. The molecule has 0 saturated carbocycles. The molecule has 0 unspecified atom stereocenters. The van der Waals surface area contributed by atoms with Crippen LogP contribution in [-0.2, 0) is 0 Å². The first-order valence-electron chi connectivity index (χ1n) is 6.56. The SMILES string of the molecule is CCCCCOc1ccc(/C=N\NC(N)=O)cc1OC. The highest BCUT2D eigenvalue weighted by Crippen LogP contribution is 2.27. The van der Waals surface area contributed by atoms with Crippen molar-refractivity contribution in [1.82, 2.24) is 5.43 Å². The van der Waals surface area contributed by atoms with E-state index in [-0.39, 0.29) is 0 Å². The standard InChI is InChI=1S/C14H21N3O3/c1-3-4-5-8-20-12-7-6-11(9-13(12)19-2)10-16-17-14(15)18/h6-7,9-10H,3-5,8H2,1-2H3,(H3,15,17,18)/b16-10-. The third-order valence-corrected chi connectivity index (χ3v) is 2.58. The minimum atomic E-state index is -0.705. The fourth-order valence-electron chi connectivity index (χ4n) is 1.59. The first kappa shape index (κ1) is 15.8. The number of nitrogens with two attached hydrogens (primary N) is 1. The van der Waals surface area contributed by atoms with Gasteiger partial charge in [0.1, 0.15) is 0 Å². The molecule has 0 aliphatic heterocycles. The molecule has 0 atom stereocenters.